The smallest absolute Gasteiger partial charge is 0.276 e. The number of halogens is 1. The maximum Gasteiger partial charge on any atom is 0.276 e. The third kappa shape index (κ3) is 4.66. The number of benzene rings is 1. The number of carbonyl (C=O) groups is 1. The van der Waals surface area contributed by atoms with Crippen LogP contribution in [0.3, 0.4) is 0 Å². The van der Waals surface area contributed by atoms with E-state index in [2.05, 4.69) is 10.2 Å². The van der Waals surface area contributed by atoms with E-state index in [4.69, 9.17) is 4.42 Å². The molecule has 0 saturated heterocycles. The Bertz CT molecular complexity index is 666. The second kappa shape index (κ2) is 8.42. The molecule has 1 heterocycles. The van der Waals surface area contributed by atoms with Gasteiger partial charge in [0.1, 0.15) is 5.82 Å². The molecule has 6 heteroatoms. The van der Waals surface area contributed by atoms with E-state index in [0.717, 1.165) is 30.9 Å². The summed E-state index contributed by atoms with van der Waals surface area (Å²) < 4.78 is 18.6. The number of hydrogen-bond donors (Lipinski definition) is 0. The number of nitrogens with zero attached hydrogens (tertiary/aromatic N) is 2. The fraction of sp³-hybridized carbons (Fsp3) is 0.500. The first-order chi connectivity index (χ1) is 11.7. The van der Waals surface area contributed by atoms with Gasteiger partial charge < -0.3 is 4.42 Å². The molecule has 1 saturated carbocycles. The van der Waals surface area contributed by atoms with Crippen LogP contribution in [0.5, 0.6) is 0 Å². The molecule has 1 aromatic heterocycles. The van der Waals surface area contributed by atoms with Crippen molar-refractivity contribution in [3.63, 3.8) is 0 Å². The van der Waals surface area contributed by atoms with Gasteiger partial charge in [0, 0.05) is 23.7 Å². The predicted molar refractivity (Wildman–Crippen MR) is 90.8 cm³/mol. The molecule has 24 heavy (non-hydrogen) atoms. The van der Waals surface area contributed by atoms with Gasteiger partial charge in [-0.05, 0) is 43.5 Å². The summed E-state index contributed by atoms with van der Waals surface area (Å²) in [6, 6.07) is 5.68. The number of carbonyl (C=O) groups excluding carboxylic acids is 1. The molecule has 0 radical (unpaired) electrons. The molecule has 4 nitrogen and oxygen atoms in total. The van der Waals surface area contributed by atoms with Gasteiger partial charge in [0.2, 0.25) is 5.89 Å². The number of Topliss-reactive ketones (excluding diaryl/α,β-unsaturated/α-hetero) is 1. The van der Waals surface area contributed by atoms with Crippen molar-refractivity contribution in [2.24, 2.45) is 0 Å². The Balaban J connectivity index is 1.41. The first kappa shape index (κ1) is 17.1. The van der Waals surface area contributed by atoms with Crippen molar-refractivity contribution < 1.29 is 13.6 Å². The monoisotopic (exact) mass is 348 g/mol. The number of hydrogen-bond acceptors (Lipinski definition) is 5. The molecule has 0 atom stereocenters. The van der Waals surface area contributed by atoms with E-state index in [1.165, 1.54) is 55.3 Å². The molecule has 0 bridgehead atoms. The van der Waals surface area contributed by atoms with Crippen LogP contribution in [-0.2, 0) is 0 Å². The lowest BCUT2D eigenvalue weighted by Gasteiger charge is -2.17. The minimum atomic E-state index is -0.327. The van der Waals surface area contributed by atoms with Crippen LogP contribution in [0, 0.1) is 5.82 Å². The number of aromatic nitrogens is 2. The van der Waals surface area contributed by atoms with E-state index in [9.17, 15) is 9.18 Å². The minimum Gasteiger partial charge on any atom is -0.416 e. The Morgan fingerprint density at radius 1 is 1.17 bits per heavy atom. The maximum absolute atomic E-state index is 12.8. The van der Waals surface area contributed by atoms with Crippen LogP contribution in [0.25, 0.3) is 0 Å². The summed E-state index contributed by atoms with van der Waals surface area (Å²) in [6.45, 7) is 0. The number of thioether (sulfide) groups is 1. The van der Waals surface area contributed by atoms with E-state index in [0.29, 0.717) is 23.1 Å². The molecule has 1 fully saturated rings. The Kier molecular flexibility index (Phi) is 6.01. The van der Waals surface area contributed by atoms with Gasteiger partial charge in [-0.3, -0.25) is 4.79 Å². The van der Waals surface area contributed by atoms with Crippen molar-refractivity contribution in [1.29, 1.82) is 0 Å². The lowest BCUT2D eigenvalue weighted by molar-refractivity contribution is 0.0982. The van der Waals surface area contributed by atoms with Gasteiger partial charge >= 0.3 is 0 Å². The molecule has 3 rings (SSSR count). The van der Waals surface area contributed by atoms with Crippen LogP contribution >= 0.6 is 11.8 Å². The van der Waals surface area contributed by atoms with E-state index in [1.807, 2.05) is 0 Å². The zero-order valence-corrected chi connectivity index (χ0v) is 14.4. The summed E-state index contributed by atoms with van der Waals surface area (Å²) in [5, 5.41) is 8.85. The maximum atomic E-state index is 12.8. The highest BCUT2D eigenvalue weighted by molar-refractivity contribution is 7.99. The van der Waals surface area contributed by atoms with E-state index < -0.39 is 0 Å². The van der Waals surface area contributed by atoms with Crippen molar-refractivity contribution in [3.8, 4) is 0 Å². The summed E-state index contributed by atoms with van der Waals surface area (Å²) >= 11 is 1.49. The van der Waals surface area contributed by atoms with Crippen LogP contribution in [-0.4, -0.2) is 21.7 Å². The normalized spacial score (nSPS) is 15.5. The van der Waals surface area contributed by atoms with Gasteiger partial charge in [-0.2, -0.15) is 0 Å². The Labute approximate surface area is 145 Å². The Morgan fingerprint density at radius 3 is 2.67 bits per heavy atom. The molecule has 0 spiro atoms. The van der Waals surface area contributed by atoms with Gasteiger partial charge in [-0.25, -0.2) is 4.39 Å². The van der Waals surface area contributed by atoms with Crippen molar-refractivity contribution in [3.05, 3.63) is 41.5 Å². The third-order valence-electron chi connectivity index (χ3n) is 4.32. The molecule has 0 aliphatic heterocycles. The summed E-state index contributed by atoms with van der Waals surface area (Å²) in [4.78, 5) is 12.0. The molecular formula is C18H21FN2O2S. The Morgan fingerprint density at radius 2 is 1.92 bits per heavy atom. The molecular weight excluding hydrogens is 327 g/mol. The van der Waals surface area contributed by atoms with Crippen molar-refractivity contribution in [2.45, 2.75) is 56.1 Å². The van der Waals surface area contributed by atoms with Crippen molar-refractivity contribution in [1.82, 2.24) is 10.2 Å². The van der Waals surface area contributed by atoms with Crippen molar-refractivity contribution >= 4 is 17.5 Å². The quantitative estimate of drug-likeness (QED) is 0.400. The summed E-state index contributed by atoms with van der Waals surface area (Å²) in [5.74, 6) is 1.63. The first-order valence-corrected chi connectivity index (χ1v) is 9.46. The molecule has 0 amide bonds. The molecule has 1 aliphatic rings. The highest BCUT2D eigenvalue weighted by atomic mass is 32.2. The minimum absolute atomic E-state index is 0.0315. The van der Waals surface area contributed by atoms with Crippen molar-refractivity contribution in [2.75, 3.05) is 5.75 Å². The van der Waals surface area contributed by atoms with Gasteiger partial charge in [0.15, 0.2) is 5.78 Å². The zero-order valence-electron chi connectivity index (χ0n) is 13.5. The summed E-state index contributed by atoms with van der Waals surface area (Å²) in [5.41, 5.74) is 0.554. The Hall–Kier alpha value is -1.69. The molecule has 128 valence electrons. The van der Waals surface area contributed by atoms with Gasteiger partial charge in [-0.15, -0.1) is 10.2 Å². The molecule has 0 N–H and O–H groups in total. The largest absolute Gasteiger partial charge is 0.416 e. The van der Waals surface area contributed by atoms with E-state index in [-0.39, 0.29) is 11.6 Å². The fourth-order valence-electron chi connectivity index (χ4n) is 2.97. The first-order valence-electron chi connectivity index (χ1n) is 8.47. The second-order valence-corrected chi connectivity index (χ2v) is 7.17. The van der Waals surface area contributed by atoms with Crippen LogP contribution in [0.15, 0.2) is 33.9 Å². The SMILES string of the molecule is O=C(CCCSc1nnc(C2CCCCC2)o1)c1ccc(F)cc1. The number of ketones is 1. The summed E-state index contributed by atoms with van der Waals surface area (Å²) in [6.07, 6.45) is 7.21. The highest BCUT2D eigenvalue weighted by Crippen LogP contribution is 2.33. The van der Waals surface area contributed by atoms with Crippen LogP contribution < -0.4 is 0 Å². The third-order valence-corrected chi connectivity index (χ3v) is 5.22. The van der Waals surface area contributed by atoms with Gasteiger partial charge in [0.05, 0.1) is 0 Å². The van der Waals surface area contributed by atoms with Crippen LogP contribution in [0.1, 0.15) is 67.1 Å². The standard InChI is InChI=1S/C18H21FN2O2S/c19-15-10-8-13(9-11-15)16(22)7-4-12-24-18-21-20-17(23-18)14-5-2-1-3-6-14/h8-11,14H,1-7,12H2. The predicted octanol–water partition coefficient (Wildman–Crippen LogP) is 5.01. The van der Waals surface area contributed by atoms with Gasteiger partial charge in [0.25, 0.3) is 5.22 Å². The zero-order chi connectivity index (χ0) is 16.8. The van der Waals surface area contributed by atoms with Crippen LogP contribution in [0.2, 0.25) is 0 Å². The highest BCUT2D eigenvalue weighted by Gasteiger charge is 2.21. The summed E-state index contributed by atoms with van der Waals surface area (Å²) in [7, 11) is 0. The topological polar surface area (TPSA) is 56.0 Å². The average Bonchev–Trinajstić information content (AvgIpc) is 3.09. The molecule has 2 aromatic rings. The molecule has 0 unspecified atom stereocenters. The molecule has 1 aliphatic carbocycles. The fourth-order valence-corrected chi connectivity index (χ4v) is 3.67. The lowest BCUT2D eigenvalue weighted by Crippen LogP contribution is -2.04. The second-order valence-electron chi connectivity index (χ2n) is 6.12. The van der Waals surface area contributed by atoms with E-state index >= 15 is 0 Å². The number of rotatable bonds is 7. The van der Waals surface area contributed by atoms with E-state index in [1.54, 1.807) is 0 Å². The average molecular weight is 348 g/mol. The lowest BCUT2D eigenvalue weighted by atomic mass is 9.89. The molecule has 1 aromatic carbocycles. The van der Waals surface area contributed by atoms with Crippen LogP contribution in [0.4, 0.5) is 4.39 Å². The van der Waals surface area contributed by atoms with Gasteiger partial charge in [-0.1, -0.05) is 31.0 Å².